The van der Waals surface area contributed by atoms with Gasteiger partial charge in [-0.3, -0.25) is 0 Å². The van der Waals surface area contributed by atoms with Gasteiger partial charge in [-0.05, 0) is 28.1 Å². The predicted molar refractivity (Wildman–Crippen MR) is 50.7 cm³/mol. The van der Waals surface area contributed by atoms with Crippen LogP contribution in [0.15, 0.2) is 22.7 Å². The monoisotopic (exact) mass is 262 g/mol. The lowest BCUT2D eigenvalue weighted by Crippen LogP contribution is -1.89. The summed E-state index contributed by atoms with van der Waals surface area (Å²) in [4.78, 5) is 10.1. The number of hydrogen-bond acceptors (Lipinski definition) is 1. The number of carbonyl (C=O) groups is 1. The van der Waals surface area contributed by atoms with E-state index in [9.17, 15) is 13.6 Å². The van der Waals surface area contributed by atoms with Crippen molar-refractivity contribution in [1.29, 1.82) is 0 Å². The van der Waals surface area contributed by atoms with Crippen LogP contribution in [-0.2, 0) is 4.79 Å². The SMILES string of the molecule is O=C(O)/C=C/c1cc(Br)c(F)cc1F. The molecule has 0 amide bonds. The molecule has 0 fully saturated rings. The molecule has 0 aliphatic heterocycles. The Balaban J connectivity index is 3.10. The molecule has 74 valence electrons. The Labute approximate surface area is 87.0 Å². The molecule has 0 bridgehead atoms. The van der Waals surface area contributed by atoms with Gasteiger partial charge in [-0.1, -0.05) is 0 Å². The van der Waals surface area contributed by atoms with Crippen molar-refractivity contribution in [1.82, 2.24) is 0 Å². The highest BCUT2D eigenvalue weighted by atomic mass is 79.9. The molecular formula is C9H5BrF2O2. The van der Waals surface area contributed by atoms with Gasteiger partial charge in [-0.2, -0.15) is 0 Å². The first-order valence-electron chi connectivity index (χ1n) is 3.56. The van der Waals surface area contributed by atoms with Crippen LogP contribution in [0.1, 0.15) is 5.56 Å². The van der Waals surface area contributed by atoms with Gasteiger partial charge in [0.25, 0.3) is 0 Å². The summed E-state index contributed by atoms with van der Waals surface area (Å²) in [5, 5.41) is 8.29. The van der Waals surface area contributed by atoms with Crippen molar-refractivity contribution >= 4 is 28.0 Å². The standard InChI is InChI=1S/C9H5BrF2O2/c10-6-3-5(1-2-9(13)14)7(11)4-8(6)12/h1-4H,(H,13,14)/b2-1+. The van der Waals surface area contributed by atoms with E-state index in [1.165, 1.54) is 6.07 Å². The van der Waals surface area contributed by atoms with E-state index in [1.807, 2.05) is 0 Å². The van der Waals surface area contributed by atoms with Crippen LogP contribution in [0.25, 0.3) is 6.08 Å². The van der Waals surface area contributed by atoms with Gasteiger partial charge in [0.15, 0.2) is 0 Å². The fourth-order valence-corrected chi connectivity index (χ4v) is 1.19. The summed E-state index contributed by atoms with van der Waals surface area (Å²) in [6.45, 7) is 0. The third-order valence-corrected chi connectivity index (χ3v) is 2.05. The summed E-state index contributed by atoms with van der Waals surface area (Å²) in [5.41, 5.74) is 0.0145. The number of carboxylic acids is 1. The van der Waals surface area contributed by atoms with E-state index in [4.69, 9.17) is 5.11 Å². The molecule has 0 aliphatic rings. The van der Waals surface area contributed by atoms with Crippen LogP contribution in [0.5, 0.6) is 0 Å². The van der Waals surface area contributed by atoms with Gasteiger partial charge in [0.2, 0.25) is 0 Å². The first-order valence-corrected chi connectivity index (χ1v) is 4.35. The second kappa shape index (κ2) is 4.32. The highest BCUT2D eigenvalue weighted by Gasteiger charge is 2.05. The lowest BCUT2D eigenvalue weighted by molar-refractivity contribution is -0.131. The molecule has 1 aromatic rings. The van der Waals surface area contributed by atoms with Crippen LogP contribution < -0.4 is 0 Å². The summed E-state index contributed by atoms with van der Waals surface area (Å²) < 4.78 is 25.8. The molecule has 0 spiro atoms. The Bertz CT molecular complexity index is 402. The Morgan fingerprint density at radius 3 is 2.57 bits per heavy atom. The van der Waals surface area contributed by atoms with Crippen molar-refractivity contribution in [2.45, 2.75) is 0 Å². The minimum atomic E-state index is -1.19. The Kier molecular flexibility index (Phi) is 3.35. The molecule has 0 radical (unpaired) electrons. The molecule has 1 aromatic carbocycles. The number of halogens is 3. The number of carboxylic acid groups (broad SMARTS) is 1. The average molecular weight is 263 g/mol. The molecule has 14 heavy (non-hydrogen) atoms. The molecular weight excluding hydrogens is 258 g/mol. The lowest BCUT2D eigenvalue weighted by Gasteiger charge is -1.98. The van der Waals surface area contributed by atoms with Gasteiger partial charge in [0.1, 0.15) is 11.6 Å². The van der Waals surface area contributed by atoms with E-state index in [2.05, 4.69) is 15.9 Å². The highest BCUT2D eigenvalue weighted by Crippen LogP contribution is 2.20. The predicted octanol–water partition coefficient (Wildman–Crippen LogP) is 2.83. The van der Waals surface area contributed by atoms with Gasteiger partial charge < -0.3 is 5.11 Å². The summed E-state index contributed by atoms with van der Waals surface area (Å²) in [6, 6.07) is 1.86. The van der Waals surface area contributed by atoms with E-state index in [1.54, 1.807) is 0 Å². The number of benzene rings is 1. The summed E-state index contributed by atoms with van der Waals surface area (Å²) in [7, 11) is 0. The summed E-state index contributed by atoms with van der Waals surface area (Å²) in [5.74, 6) is -2.72. The van der Waals surface area contributed by atoms with Crippen molar-refractivity contribution in [3.8, 4) is 0 Å². The summed E-state index contributed by atoms with van der Waals surface area (Å²) in [6.07, 6.45) is 1.84. The van der Waals surface area contributed by atoms with Crippen molar-refractivity contribution in [3.63, 3.8) is 0 Å². The Hall–Kier alpha value is -1.23. The molecule has 5 heteroatoms. The van der Waals surface area contributed by atoms with E-state index >= 15 is 0 Å². The fourth-order valence-electron chi connectivity index (χ4n) is 0.827. The van der Waals surface area contributed by atoms with Crippen LogP contribution in [0, 0.1) is 11.6 Å². The lowest BCUT2D eigenvalue weighted by atomic mass is 10.2. The van der Waals surface area contributed by atoms with Crippen molar-refractivity contribution < 1.29 is 18.7 Å². The quantitative estimate of drug-likeness (QED) is 0.658. The maximum atomic E-state index is 13.0. The molecule has 0 saturated heterocycles. The van der Waals surface area contributed by atoms with E-state index in [-0.39, 0.29) is 10.0 Å². The third kappa shape index (κ3) is 2.63. The second-order valence-electron chi connectivity index (χ2n) is 2.46. The minimum absolute atomic E-state index is 0.0145. The molecule has 0 saturated carbocycles. The first-order chi connectivity index (χ1) is 6.50. The van der Waals surface area contributed by atoms with Crippen LogP contribution >= 0.6 is 15.9 Å². The summed E-state index contributed by atoms with van der Waals surface area (Å²) >= 11 is 2.86. The largest absolute Gasteiger partial charge is 0.478 e. The number of rotatable bonds is 2. The van der Waals surface area contributed by atoms with Crippen molar-refractivity contribution in [3.05, 3.63) is 39.9 Å². The maximum absolute atomic E-state index is 13.0. The van der Waals surface area contributed by atoms with Gasteiger partial charge in [0.05, 0.1) is 4.47 Å². The van der Waals surface area contributed by atoms with Gasteiger partial charge in [0, 0.05) is 17.7 Å². The molecule has 1 rings (SSSR count). The smallest absolute Gasteiger partial charge is 0.328 e. The van der Waals surface area contributed by atoms with Gasteiger partial charge in [-0.25, -0.2) is 13.6 Å². The second-order valence-corrected chi connectivity index (χ2v) is 3.31. The molecule has 0 atom stereocenters. The van der Waals surface area contributed by atoms with Gasteiger partial charge in [-0.15, -0.1) is 0 Å². The van der Waals surface area contributed by atoms with E-state index < -0.39 is 17.6 Å². The van der Waals surface area contributed by atoms with E-state index in [0.717, 1.165) is 12.2 Å². The number of hydrogen-bond donors (Lipinski definition) is 1. The zero-order valence-electron chi connectivity index (χ0n) is 6.80. The van der Waals surface area contributed by atoms with Gasteiger partial charge >= 0.3 is 5.97 Å². The molecule has 0 heterocycles. The zero-order chi connectivity index (χ0) is 10.7. The highest BCUT2D eigenvalue weighted by molar-refractivity contribution is 9.10. The van der Waals surface area contributed by atoms with Crippen molar-refractivity contribution in [2.75, 3.05) is 0 Å². The third-order valence-electron chi connectivity index (χ3n) is 1.45. The maximum Gasteiger partial charge on any atom is 0.328 e. The minimum Gasteiger partial charge on any atom is -0.478 e. The van der Waals surface area contributed by atoms with Crippen LogP contribution in [-0.4, -0.2) is 11.1 Å². The molecule has 1 N–H and O–H groups in total. The van der Waals surface area contributed by atoms with Crippen LogP contribution in [0.2, 0.25) is 0 Å². The normalized spacial score (nSPS) is 10.8. The van der Waals surface area contributed by atoms with Crippen LogP contribution in [0.4, 0.5) is 8.78 Å². The average Bonchev–Trinajstić information content (AvgIpc) is 2.09. The molecule has 0 unspecified atom stereocenters. The zero-order valence-corrected chi connectivity index (χ0v) is 8.38. The number of aliphatic carboxylic acids is 1. The molecule has 2 nitrogen and oxygen atoms in total. The van der Waals surface area contributed by atoms with Crippen molar-refractivity contribution in [2.24, 2.45) is 0 Å². The van der Waals surface area contributed by atoms with E-state index in [0.29, 0.717) is 6.07 Å². The first kappa shape index (κ1) is 10.8. The molecule has 0 aromatic heterocycles. The topological polar surface area (TPSA) is 37.3 Å². The fraction of sp³-hybridized carbons (Fsp3) is 0. The Morgan fingerprint density at radius 1 is 1.36 bits per heavy atom. The molecule has 0 aliphatic carbocycles. The Morgan fingerprint density at radius 2 is 2.00 bits per heavy atom. The van der Waals surface area contributed by atoms with Crippen LogP contribution in [0.3, 0.4) is 0 Å².